The number of piperidine rings is 1. The molecule has 3 N–H and O–H groups in total. The third-order valence-electron chi connectivity index (χ3n) is 4.88. The van der Waals surface area contributed by atoms with Gasteiger partial charge in [0.2, 0.25) is 0 Å². The van der Waals surface area contributed by atoms with E-state index in [2.05, 4.69) is 4.98 Å². The fourth-order valence-corrected chi connectivity index (χ4v) is 3.55. The van der Waals surface area contributed by atoms with Crippen LogP contribution in [0.3, 0.4) is 0 Å². The third kappa shape index (κ3) is 4.22. The van der Waals surface area contributed by atoms with Crippen molar-refractivity contribution < 1.29 is 28.5 Å². The van der Waals surface area contributed by atoms with Crippen LogP contribution < -0.4 is 4.90 Å². The van der Waals surface area contributed by atoms with E-state index in [1.54, 1.807) is 0 Å². The van der Waals surface area contributed by atoms with Gasteiger partial charge in [0.25, 0.3) is 0 Å². The standard InChI is InChI=1S/C16H22F3N3O3/c17-16(18,19)14-2-1-11(5-20-14)22-4-3-10(7-22)6-21-8-12(23)15(25)13(24)9-21/h1-2,5,10,12-13,15,23-25H,3-4,6-9H2/t10-,12-,13+,15?/m0/s1. The van der Waals surface area contributed by atoms with Crippen LogP contribution in [0.25, 0.3) is 0 Å². The topological polar surface area (TPSA) is 80.1 Å². The minimum absolute atomic E-state index is 0.275. The summed E-state index contributed by atoms with van der Waals surface area (Å²) in [6, 6.07) is 2.42. The first-order valence-electron chi connectivity index (χ1n) is 8.29. The van der Waals surface area contributed by atoms with Crippen LogP contribution in [0, 0.1) is 5.92 Å². The second-order valence-corrected chi connectivity index (χ2v) is 6.84. The highest BCUT2D eigenvalue weighted by molar-refractivity contribution is 5.45. The molecule has 9 heteroatoms. The smallest absolute Gasteiger partial charge is 0.389 e. The van der Waals surface area contributed by atoms with Gasteiger partial charge in [0.1, 0.15) is 11.8 Å². The molecule has 1 unspecified atom stereocenters. The molecule has 3 heterocycles. The quantitative estimate of drug-likeness (QED) is 0.720. The number of β-amino-alcohol motifs (C(OH)–C–C–N with tert-alkyl or cyclic N) is 2. The number of aliphatic hydroxyl groups excluding tert-OH is 3. The number of likely N-dealkylation sites (tertiary alicyclic amines) is 1. The maximum absolute atomic E-state index is 12.6. The minimum atomic E-state index is -4.44. The van der Waals surface area contributed by atoms with E-state index in [-0.39, 0.29) is 5.92 Å². The monoisotopic (exact) mass is 361 g/mol. The lowest BCUT2D eigenvalue weighted by Gasteiger charge is -2.38. The molecule has 2 aliphatic heterocycles. The summed E-state index contributed by atoms with van der Waals surface area (Å²) in [6.45, 7) is 2.66. The van der Waals surface area contributed by atoms with Gasteiger partial charge >= 0.3 is 6.18 Å². The highest BCUT2D eigenvalue weighted by Gasteiger charge is 2.36. The van der Waals surface area contributed by atoms with E-state index in [1.807, 2.05) is 9.80 Å². The summed E-state index contributed by atoms with van der Waals surface area (Å²) < 4.78 is 37.7. The summed E-state index contributed by atoms with van der Waals surface area (Å²) in [4.78, 5) is 7.40. The largest absolute Gasteiger partial charge is 0.433 e. The van der Waals surface area contributed by atoms with Crippen molar-refractivity contribution in [2.24, 2.45) is 5.92 Å². The third-order valence-corrected chi connectivity index (χ3v) is 4.88. The average Bonchev–Trinajstić information content (AvgIpc) is 3.00. The fourth-order valence-electron chi connectivity index (χ4n) is 3.55. The van der Waals surface area contributed by atoms with Gasteiger partial charge < -0.3 is 20.2 Å². The van der Waals surface area contributed by atoms with Gasteiger partial charge in [-0.15, -0.1) is 0 Å². The Labute approximate surface area is 143 Å². The molecule has 25 heavy (non-hydrogen) atoms. The lowest BCUT2D eigenvalue weighted by molar-refractivity contribution is -0.141. The second kappa shape index (κ2) is 7.06. The molecule has 6 nitrogen and oxygen atoms in total. The number of anilines is 1. The number of pyridine rings is 1. The molecule has 2 aliphatic rings. The molecule has 0 spiro atoms. The van der Waals surface area contributed by atoms with Gasteiger partial charge in [-0.3, -0.25) is 4.90 Å². The molecular weight excluding hydrogens is 339 g/mol. The van der Waals surface area contributed by atoms with E-state index < -0.39 is 30.2 Å². The van der Waals surface area contributed by atoms with Crippen LogP contribution >= 0.6 is 0 Å². The number of alkyl halides is 3. The molecule has 0 bridgehead atoms. The number of rotatable bonds is 3. The van der Waals surface area contributed by atoms with Crippen LogP contribution in [-0.2, 0) is 6.18 Å². The minimum Gasteiger partial charge on any atom is -0.389 e. The van der Waals surface area contributed by atoms with Crippen molar-refractivity contribution in [2.75, 3.05) is 37.6 Å². The molecule has 4 atom stereocenters. The first kappa shape index (κ1) is 18.4. The first-order chi connectivity index (χ1) is 11.7. The molecule has 0 saturated carbocycles. The van der Waals surface area contributed by atoms with Crippen LogP contribution in [0.15, 0.2) is 18.3 Å². The van der Waals surface area contributed by atoms with Gasteiger partial charge in [-0.25, -0.2) is 4.98 Å². The Balaban J connectivity index is 1.55. The van der Waals surface area contributed by atoms with Crippen molar-refractivity contribution in [2.45, 2.75) is 30.9 Å². The molecule has 0 aliphatic carbocycles. The van der Waals surface area contributed by atoms with E-state index >= 15 is 0 Å². The Morgan fingerprint density at radius 3 is 2.32 bits per heavy atom. The van der Waals surface area contributed by atoms with Gasteiger partial charge in [0.15, 0.2) is 0 Å². The lowest BCUT2D eigenvalue weighted by atomic mass is 10.00. The zero-order chi connectivity index (χ0) is 18.2. The van der Waals surface area contributed by atoms with Crippen molar-refractivity contribution in [1.29, 1.82) is 0 Å². The summed E-state index contributed by atoms with van der Waals surface area (Å²) in [5.41, 5.74) is -0.244. The Kier molecular flexibility index (Phi) is 5.19. The lowest BCUT2D eigenvalue weighted by Crippen LogP contribution is -2.56. The van der Waals surface area contributed by atoms with Crippen LogP contribution in [0.1, 0.15) is 12.1 Å². The van der Waals surface area contributed by atoms with Gasteiger partial charge in [-0.2, -0.15) is 13.2 Å². The summed E-state index contributed by atoms with van der Waals surface area (Å²) in [6.07, 6.45) is -5.38. The van der Waals surface area contributed by atoms with Gasteiger partial charge in [-0.1, -0.05) is 0 Å². The fraction of sp³-hybridized carbons (Fsp3) is 0.688. The molecule has 1 aromatic rings. The number of halogens is 3. The van der Waals surface area contributed by atoms with Gasteiger partial charge in [0.05, 0.1) is 24.1 Å². The van der Waals surface area contributed by atoms with E-state index in [9.17, 15) is 28.5 Å². The van der Waals surface area contributed by atoms with Crippen LogP contribution in [0.5, 0.6) is 0 Å². The number of aromatic nitrogens is 1. The maximum atomic E-state index is 12.6. The molecule has 2 saturated heterocycles. The Morgan fingerprint density at radius 1 is 1.08 bits per heavy atom. The summed E-state index contributed by atoms with van der Waals surface area (Å²) >= 11 is 0. The molecule has 3 rings (SSSR count). The highest BCUT2D eigenvalue weighted by Crippen LogP contribution is 2.30. The van der Waals surface area contributed by atoms with Gasteiger partial charge in [-0.05, 0) is 24.5 Å². The van der Waals surface area contributed by atoms with E-state index in [1.165, 1.54) is 12.3 Å². The zero-order valence-electron chi connectivity index (χ0n) is 13.6. The van der Waals surface area contributed by atoms with Crippen molar-refractivity contribution in [3.63, 3.8) is 0 Å². The molecule has 1 aromatic heterocycles. The number of hydrogen-bond acceptors (Lipinski definition) is 6. The Bertz CT molecular complexity index is 572. The highest BCUT2D eigenvalue weighted by atomic mass is 19.4. The zero-order valence-corrected chi connectivity index (χ0v) is 13.6. The van der Waals surface area contributed by atoms with Crippen molar-refractivity contribution in [3.8, 4) is 0 Å². The van der Waals surface area contributed by atoms with Crippen molar-refractivity contribution in [3.05, 3.63) is 24.0 Å². The predicted octanol–water partition coefficient (Wildman–Crippen LogP) is 0.325. The van der Waals surface area contributed by atoms with Crippen molar-refractivity contribution in [1.82, 2.24) is 9.88 Å². The maximum Gasteiger partial charge on any atom is 0.433 e. The van der Waals surface area contributed by atoms with E-state index in [0.29, 0.717) is 31.9 Å². The number of aliphatic hydroxyl groups is 3. The molecule has 140 valence electrons. The van der Waals surface area contributed by atoms with Crippen LogP contribution in [-0.4, -0.2) is 76.2 Å². The number of nitrogens with zero attached hydrogens (tertiary/aromatic N) is 3. The van der Waals surface area contributed by atoms with E-state index in [0.717, 1.165) is 19.0 Å². The molecule has 0 radical (unpaired) electrons. The first-order valence-corrected chi connectivity index (χ1v) is 8.29. The predicted molar refractivity (Wildman–Crippen MR) is 84.0 cm³/mol. The molecular formula is C16H22F3N3O3. The van der Waals surface area contributed by atoms with E-state index in [4.69, 9.17) is 0 Å². The van der Waals surface area contributed by atoms with Crippen LogP contribution in [0.2, 0.25) is 0 Å². The summed E-state index contributed by atoms with van der Waals surface area (Å²) in [5.74, 6) is 0.275. The SMILES string of the molecule is OC1[C@H](O)CN(C[C@@H]2CCN(c3ccc(C(F)(F)F)nc3)C2)C[C@@H]1O. The van der Waals surface area contributed by atoms with Gasteiger partial charge in [0, 0.05) is 32.7 Å². The molecule has 0 aromatic carbocycles. The Morgan fingerprint density at radius 2 is 1.76 bits per heavy atom. The number of hydrogen-bond donors (Lipinski definition) is 3. The summed E-state index contributed by atoms with van der Waals surface area (Å²) in [5, 5.41) is 29.1. The molecule has 0 amide bonds. The van der Waals surface area contributed by atoms with Crippen LogP contribution in [0.4, 0.5) is 18.9 Å². The average molecular weight is 361 g/mol. The summed E-state index contributed by atoms with van der Waals surface area (Å²) in [7, 11) is 0. The second-order valence-electron chi connectivity index (χ2n) is 6.84. The molecule has 2 fully saturated rings. The normalized spacial score (nSPS) is 31.5. The Hall–Kier alpha value is -1.42. The van der Waals surface area contributed by atoms with Crippen molar-refractivity contribution >= 4 is 5.69 Å².